The second-order valence-corrected chi connectivity index (χ2v) is 8.54. The van der Waals surface area contributed by atoms with Gasteiger partial charge < -0.3 is 10.2 Å². The maximum absolute atomic E-state index is 12.5. The third-order valence-corrected chi connectivity index (χ3v) is 6.49. The molecule has 1 fully saturated rings. The maximum atomic E-state index is 12.5. The standard InChI is InChI=1S/C24H33N5O2/c1-2-21-6-3-4-15-27(21)16-5-13-25-24(31)20-9-7-19(8-10-20)18-28-22-11-14-26-29(22)17-12-23(28)30/h7-11,14,21H,2-6,12-13,15-18H2,1H3,(H,25,31)/t21-/m1/s1. The van der Waals surface area contributed by atoms with Gasteiger partial charge in [0, 0.05) is 37.2 Å². The zero-order valence-electron chi connectivity index (χ0n) is 18.4. The summed E-state index contributed by atoms with van der Waals surface area (Å²) in [5.41, 5.74) is 1.65. The maximum Gasteiger partial charge on any atom is 0.251 e. The van der Waals surface area contributed by atoms with Gasteiger partial charge in [-0.05, 0) is 49.9 Å². The van der Waals surface area contributed by atoms with Crippen LogP contribution in [-0.4, -0.2) is 52.2 Å². The fourth-order valence-corrected chi connectivity index (χ4v) is 4.71. The van der Waals surface area contributed by atoms with Gasteiger partial charge in [0.05, 0.1) is 19.3 Å². The SMILES string of the molecule is CC[C@@H]1CCCCN1CCCNC(=O)c1ccc(CN2C(=O)CCn3nccc32)cc1. The van der Waals surface area contributed by atoms with Crippen molar-refractivity contribution in [2.75, 3.05) is 24.5 Å². The van der Waals surface area contributed by atoms with Gasteiger partial charge in [0.1, 0.15) is 5.82 Å². The second kappa shape index (κ2) is 10.1. The summed E-state index contributed by atoms with van der Waals surface area (Å²) >= 11 is 0. The van der Waals surface area contributed by atoms with E-state index in [1.165, 1.54) is 32.2 Å². The molecule has 3 heterocycles. The molecular weight excluding hydrogens is 390 g/mol. The average molecular weight is 424 g/mol. The van der Waals surface area contributed by atoms with E-state index < -0.39 is 0 Å². The number of fused-ring (bicyclic) bond motifs is 1. The molecule has 1 atom stereocenters. The van der Waals surface area contributed by atoms with Crippen LogP contribution in [0.1, 0.15) is 61.4 Å². The van der Waals surface area contributed by atoms with Crippen LogP contribution < -0.4 is 10.2 Å². The van der Waals surface area contributed by atoms with Crippen molar-refractivity contribution in [3.63, 3.8) is 0 Å². The summed E-state index contributed by atoms with van der Waals surface area (Å²) in [6.07, 6.45) is 8.32. The van der Waals surface area contributed by atoms with Crippen molar-refractivity contribution in [2.24, 2.45) is 0 Å². The molecule has 7 heteroatoms. The zero-order chi connectivity index (χ0) is 21.6. The smallest absolute Gasteiger partial charge is 0.251 e. The van der Waals surface area contributed by atoms with E-state index in [9.17, 15) is 9.59 Å². The third kappa shape index (κ3) is 5.15. The second-order valence-electron chi connectivity index (χ2n) is 8.54. The fourth-order valence-electron chi connectivity index (χ4n) is 4.71. The van der Waals surface area contributed by atoms with E-state index in [0.717, 1.165) is 24.3 Å². The van der Waals surface area contributed by atoms with Gasteiger partial charge in [-0.2, -0.15) is 5.10 Å². The number of hydrogen-bond acceptors (Lipinski definition) is 4. The number of nitrogens with one attached hydrogen (secondary N) is 1. The molecule has 0 spiro atoms. The topological polar surface area (TPSA) is 70.5 Å². The quantitative estimate of drug-likeness (QED) is 0.662. The molecule has 0 saturated carbocycles. The lowest BCUT2D eigenvalue weighted by atomic mass is 10.00. The van der Waals surface area contributed by atoms with Crippen LogP contribution in [0.4, 0.5) is 5.82 Å². The summed E-state index contributed by atoms with van der Waals surface area (Å²) in [6, 6.07) is 10.1. The Morgan fingerprint density at radius 3 is 2.81 bits per heavy atom. The molecule has 4 rings (SSSR count). The predicted molar refractivity (Wildman–Crippen MR) is 121 cm³/mol. The summed E-state index contributed by atoms with van der Waals surface area (Å²) < 4.78 is 1.86. The minimum atomic E-state index is -0.0376. The summed E-state index contributed by atoms with van der Waals surface area (Å²) in [7, 11) is 0. The molecule has 2 aliphatic rings. The number of hydrogen-bond donors (Lipinski definition) is 1. The minimum Gasteiger partial charge on any atom is -0.352 e. The molecule has 0 aliphatic carbocycles. The fraction of sp³-hybridized carbons (Fsp3) is 0.542. The molecule has 31 heavy (non-hydrogen) atoms. The molecule has 1 N–H and O–H groups in total. The lowest BCUT2D eigenvalue weighted by Crippen LogP contribution is -2.40. The Hall–Kier alpha value is -2.67. The van der Waals surface area contributed by atoms with Crippen LogP contribution in [0, 0.1) is 0 Å². The summed E-state index contributed by atoms with van der Waals surface area (Å²) in [4.78, 5) is 29.2. The Labute approximate surface area is 184 Å². The van der Waals surface area contributed by atoms with E-state index in [1.807, 2.05) is 35.0 Å². The number of carbonyl (C=O) groups excluding carboxylic acids is 2. The lowest BCUT2D eigenvalue weighted by Gasteiger charge is -2.35. The van der Waals surface area contributed by atoms with Gasteiger partial charge in [0.15, 0.2) is 0 Å². The molecule has 1 aromatic heterocycles. The van der Waals surface area contributed by atoms with Crippen molar-refractivity contribution in [1.29, 1.82) is 0 Å². The first-order valence-electron chi connectivity index (χ1n) is 11.6. The number of piperidine rings is 1. The van der Waals surface area contributed by atoms with Gasteiger partial charge in [0.2, 0.25) is 5.91 Å². The monoisotopic (exact) mass is 423 g/mol. The van der Waals surface area contributed by atoms with Gasteiger partial charge in [-0.15, -0.1) is 0 Å². The molecule has 2 amide bonds. The van der Waals surface area contributed by atoms with Crippen LogP contribution in [0.15, 0.2) is 36.5 Å². The van der Waals surface area contributed by atoms with Gasteiger partial charge in [-0.3, -0.25) is 14.5 Å². The molecule has 1 aromatic carbocycles. The van der Waals surface area contributed by atoms with E-state index in [4.69, 9.17) is 0 Å². The van der Waals surface area contributed by atoms with E-state index in [1.54, 1.807) is 11.1 Å². The Kier molecular flexibility index (Phi) is 7.02. The summed E-state index contributed by atoms with van der Waals surface area (Å²) in [5.74, 6) is 0.898. The lowest BCUT2D eigenvalue weighted by molar-refractivity contribution is -0.119. The highest BCUT2D eigenvalue weighted by Gasteiger charge is 2.24. The molecule has 2 aliphatic heterocycles. The number of benzene rings is 1. The third-order valence-electron chi connectivity index (χ3n) is 6.49. The van der Waals surface area contributed by atoms with Crippen LogP contribution >= 0.6 is 0 Å². The van der Waals surface area contributed by atoms with Crippen molar-refractivity contribution in [2.45, 2.75) is 64.6 Å². The Balaban J connectivity index is 1.25. The Morgan fingerprint density at radius 1 is 1.16 bits per heavy atom. The normalized spacial score (nSPS) is 19.3. The number of carbonyl (C=O) groups is 2. The number of amides is 2. The molecule has 2 aromatic rings. The van der Waals surface area contributed by atoms with E-state index in [0.29, 0.717) is 37.7 Å². The van der Waals surface area contributed by atoms with Crippen LogP contribution in [0.3, 0.4) is 0 Å². The van der Waals surface area contributed by atoms with Crippen LogP contribution in [0.25, 0.3) is 0 Å². The molecule has 166 valence electrons. The highest BCUT2D eigenvalue weighted by atomic mass is 16.2. The van der Waals surface area contributed by atoms with Crippen molar-refractivity contribution in [3.05, 3.63) is 47.7 Å². The molecule has 0 unspecified atom stereocenters. The Bertz CT molecular complexity index is 892. The highest BCUT2D eigenvalue weighted by molar-refractivity contribution is 5.95. The summed E-state index contributed by atoms with van der Waals surface area (Å²) in [6.45, 7) is 6.32. The van der Waals surface area contributed by atoms with Crippen molar-refractivity contribution in [1.82, 2.24) is 20.0 Å². The van der Waals surface area contributed by atoms with Gasteiger partial charge in [0.25, 0.3) is 5.91 Å². The van der Waals surface area contributed by atoms with Crippen LogP contribution in [-0.2, 0) is 17.9 Å². The van der Waals surface area contributed by atoms with Gasteiger partial charge in [-0.25, -0.2) is 4.68 Å². The largest absolute Gasteiger partial charge is 0.352 e. The van der Waals surface area contributed by atoms with E-state index >= 15 is 0 Å². The number of rotatable bonds is 8. The molecule has 7 nitrogen and oxygen atoms in total. The number of aromatic nitrogens is 2. The number of likely N-dealkylation sites (tertiary alicyclic amines) is 1. The minimum absolute atomic E-state index is 0.0376. The predicted octanol–water partition coefficient (Wildman–Crippen LogP) is 3.20. The van der Waals surface area contributed by atoms with Gasteiger partial charge in [-0.1, -0.05) is 25.5 Å². The number of aryl methyl sites for hydroxylation is 1. The van der Waals surface area contributed by atoms with Crippen molar-refractivity contribution < 1.29 is 9.59 Å². The first kappa shape index (κ1) is 21.6. The van der Waals surface area contributed by atoms with Crippen molar-refractivity contribution >= 4 is 17.6 Å². The zero-order valence-corrected chi connectivity index (χ0v) is 18.4. The molecular formula is C24H33N5O2. The number of anilines is 1. The molecule has 0 radical (unpaired) electrons. The molecule has 0 bridgehead atoms. The number of nitrogens with zero attached hydrogens (tertiary/aromatic N) is 4. The molecule has 1 saturated heterocycles. The van der Waals surface area contributed by atoms with E-state index in [2.05, 4.69) is 22.2 Å². The summed E-state index contributed by atoms with van der Waals surface area (Å²) in [5, 5.41) is 7.31. The van der Waals surface area contributed by atoms with E-state index in [-0.39, 0.29) is 11.8 Å². The first-order valence-corrected chi connectivity index (χ1v) is 11.6. The van der Waals surface area contributed by atoms with Crippen molar-refractivity contribution in [3.8, 4) is 0 Å². The first-order chi connectivity index (χ1) is 15.2. The van der Waals surface area contributed by atoms with Crippen LogP contribution in [0.2, 0.25) is 0 Å². The Morgan fingerprint density at radius 2 is 2.00 bits per heavy atom. The highest BCUT2D eigenvalue weighted by Crippen LogP contribution is 2.23. The average Bonchev–Trinajstić information content (AvgIpc) is 3.28. The van der Waals surface area contributed by atoms with Crippen LogP contribution in [0.5, 0.6) is 0 Å². The van der Waals surface area contributed by atoms with Gasteiger partial charge >= 0.3 is 0 Å².